The molecule has 2 aromatic heterocycles. The molecule has 1 atom stereocenters. The standard InChI is InChI=1S/C26H22N6O4/c33-21-12-36-20-8-5-14(9-19(20)31-21)10-28-26(35)24-23-22(29-13-30-24)17(11-27-23)25(34)32-18-7-6-15-3-1-2-4-16(15)18/h1-5,8-9,11,13,18,27H,6-7,10,12H2,(H,28,35)(H,31,33)(H,32,34)/t18-/m1/s1. The number of benzene rings is 2. The van der Waals surface area contributed by atoms with Crippen molar-refractivity contribution in [3.05, 3.63) is 82.9 Å². The summed E-state index contributed by atoms with van der Waals surface area (Å²) in [6, 6.07) is 13.3. The van der Waals surface area contributed by atoms with Crippen molar-refractivity contribution in [1.29, 1.82) is 0 Å². The van der Waals surface area contributed by atoms with Crippen LogP contribution >= 0.6 is 0 Å². The number of ether oxygens (including phenoxy) is 1. The Balaban J connectivity index is 1.18. The van der Waals surface area contributed by atoms with Crippen molar-refractivity contribution in [2.24, 2.45) is 0 Å². The van der Waals surface area contributed by atoms with Gasteiger partial charge in [0.25, 0.3) is 17.7 Å². The average Bonchev–Trinajstić information content (AvgIpc) is 3.51. The molecular formula is C26H22N6O4. The van der Waals surface area contributed by atoms with Crippen LogP contribution in [0.25, 0.3) is 11.0 Å². The van der Waals surface area contributed by atoms with Crippen molar-refractivity contribution in [2.75, 3.05) is 11.9 Å². The maximum Gasteiger partial charge on any atom is 0.272 e. The van der Waals surface area contributed by atoms with Gasteiger partial charge in [-0.1, -0.05) is 30.3 Å². The molecule has 4 aromatic rings. The van der Waals surface area contributed by atoms with Gasteiger partial charge in [0.15, 0.2) is 12.3 Å². The summed E-state index contributed by atoms with van der Waals surface area (Å²) in [7, 11) is 0. The number of aryl methyl sites for hydroxylation is 1. The molecule has 10 heteroatoms. The van der Waals surface area contributed by atoms with Gasteiger partial charge in [-0.25, -0.2) is 9.97 Å². The lowest BCUT2D eigenvalue weighted by atomic mass is 10.1. The molecule has 4 N–H and O–H groups in total. The number of carbonyl (C=O) groups excluding carboxylic acids is 3. The third-order valence-corrected chi connectivity index (χ3v) is 6.49. The highest BCUT2D eigenvalue weighted by Crippen LogP contribution is 2.31. The van der Waals surface area contributed by atoms with E-state index in [-0.39, 0.29) is 36.7 Å². The first-order valence-electron chi connectivity index (χ1n) is 11.6. The molecule has 2 aromatic carbocycles. The molecule has 6 rings (SSSR count). The Labute approximate surface area is 205 Å². The zero-order valence-electron chi connectivity index (χ0n) is 19.1. The fourth-order valence-electron chi connectivity index (χ4n) is 4.73. The SMILES string of the molecule is O=C1COc2ccc(CNC(=O)c3ncnc4c(C(=O)N[C@@H]5CCc6ccccc65)c[nH]c34)cc2N1. The van der Waals surface area contributed by atoms with E-state index in [2.05, 4.69) is 37.0 Å². The Morgan fingerprint density at radius 3 is 2.92 bits per heavy atom. The lowest BCUT2D eigenvalue weighted by Crippen LogP contribution is -2.27. The van der Waals surface area contributed by atoms with E-state index in [4.69, 9.17) is 4.74 Å². The van der Waals surface area contributed by atoms with E-state index in [1.807, 2.05) is 24.3 Å². The van der Waals surface area contributed by atoms with Crippen molar-refractivity contribution in [2.45, 2.75) is 25.4 Å². The van der Waals surface area contributed by atoms with E-state index in [0.717, 1.165) is 24.0 Å². The number of amides is 3. The number of nitrogens with zero attached hydrogens (tertiary/aromatic N) is 2. The van der Waals surface area contributed by atoms with E-state index in [9.17, 15) is 14.4 Å². The summed E-state index contributed by atoms with van der Waals surface area (Å²) in [4.78, 5) is 49.0. The number of carbonyl (C=O) groups is 3. The molecule has 1 aliphatic carbocycles. The first-order valence-corrected chi connectivity index (χ1v) is 11.6. The average molecular weight is 483 g/mol. The highest BCUT2D eigenvalue weighted by atomic mass is 16.5. The van der Waals surface area contributed by atoms with Crippen LogP contribution < -0.4 is 20.7 Å². The molecule has 2 aliphatic rings. The van der Waals surface area contributed by atoms with Crippen molar-refractivity contribution < 1.29 is 19.1 Å². The Morgan fingerprint density at radius 1 is 1.11 bits per heavy atom. The molecule has 10 nitrogen and oxygen atoms in total. The summed E-state index contributed by atoms with van der Waals surface area (Å²) in [5, 5.41) is 8.67. The molecule has 0 radical (unpaired) electrons. The maximum absolute atomic E-state index is 13.1. The van der Waals surface area contributed by atoms with Crippen LogP contribution in [-0.2, 0) is 17.8 Å². The molecule has 1 aliphatic heterocycles. The van der Waals surface area contributed by atoms with Crippen molar-refractivity contribution >= 4 is 34.4 Å². The number of aromatic amines is 1. The van der Waals surface area contributed by atoms with Crippen LogP contribution in [0.1, 0.15) is 50.0 Å². The molecule has 0 saturated carbocycles. The minimum Gasteiger partial charge on any atom is -0.482 e. The zero-order chi connectivity index (χ0) is 24.6. The van der Waals surface area contributed by atoms with Gasteiger partial charge < -0.3 is 25.7 Å². The highest BCUT2D eigenvalue weighted by molar-refractivity contribution is 6.10. The van der Waals surface area contributed by atoms with Gasteiger partial charge in [0.2, 0.25) is 0 Å². The number of anilines is 1. The van der Waals surface area contributed by atoms with E-state index in [1.54, 1.807) is 18.3 Å². The number of aromatic nitrogens is 3. The van der Waals surface area contributed by atoms with E-state index in [0.29, 0.717) is 28.0 Å². The quantitative estimate of drug-likeness (QED) is 0.345. The van der Waals surface area contributed by atoms with Gasteiger partial charge in [-0.15, -0.1) is 0 Å². The number of rotatable bonds is 5. The van der Waals surface area contributed by atoms with Crippen molar-refractivity contribution in [3.8, 4) is 5.75 Å². The van der Waals surface area contributed by atoms with Crippen LogP contribution in [-0.4, -0.2) is 39.3 Å². The summed E-state index contributed by atoms with van der Waals surface area (Å²) in [5.74, 6) is -0.318. The normalized spacial score (nSPS) is 16.0. The van der Waals surface area contributed by atoms with E-state index < -0.39 is 5.91 Å². The fourth-order valence-corrected chi connectivity index (χ4v) is 4.73. The van der Waals surface area contributed by atoms with Gasteiger partial charge in [-0.2, -0.15) is 0 Å². The molecule has 36 heavy (non-hydrogen) atoms. The number of nitrogens with one attached hydrogen (secondary N) is 4. The molecule has 0 unspecified atom stereocenters. The predicted molar refractivity (Wildman–Crippen MR) is 131 cm³/mol. The molecule has 3 heterocycles. The first kappa shape index (κ1) is 21.8. The second-order valence-corrected chi connectivity index (χ2v) is 8.76. The topological polar surface area (TPSA) is 138 Å². The van der Waals surface area contributed by atoms with Crippen LogP contribution in [0.4, 0.5) is 5.69 Å². The third kappa shape index (κ3) is 3.92. The van der Waals surface area contributed by atoms with Gasteiger partial charge >= 0.3 is 0 Å². The summed E-state index contributed by atoms with van der Waals surface area (Å²) >= 11 is 0. The summed E-state index contributed by atoms with van der Waals surface area (Å²) in [6.07, 6.45) is 4.59. The van der Waals surface area contributed by atoms with Crippen LogP contribution in [0.2, 0.25) is 0 Å². The summed E-state index contributed by atoms with van der Waals surface area (Å²) in [5.41, 5.74) is 4.99. The lowest BCUT2D eigenvalue weighted by molar-refractivity contribution is -0.118. The Bertz CT molecular complexity index is 1530. The van der Waals surface area contributed by atoms with Crippen molar-refractivity contribution in [1.82, 2.24) is 25.6 Å². The molecule has 0 spiro atoms. The van der Waals surface area contributed by atoms with Crippen LogP contribution in [0.15, 0.2) is 55.0 Å². The van der Waals surface area contributed by atoms with Crippen LogP contribution in [0, 0.1) is 0 Å². The molecule has 0 bridgehead atoms. The summed E-state index contributed by atoms with van der Waals surface area (Å²) < 4.78 is 5.36. The van der Waals surface area contributed by atoms with E-state index in [1.165, 1.54) is 11.9 Å². The molecule has 0 fully saturated rings. The fraction of sp³-hybridized carbons (Fsp3) is 0.192. The maximum atomic E-state index is 13.1. The smallest absolute Gasteiger partial charge is 0.272 e. The number of fused-ring (bicyclic) bond motifs is 3. The minimum absolute atomic E-state index is 0.0170. The molecule has 3 amide bonds. The molecule has 0 saturated heterocycles. The largest absolute Gasteiger partial charge is 0.482 e. The number of hydrogen-bond donors (Lipinski definition) is 4. The zero-order valence-corrected chi connectivity index (χ0v) is 19.1. The van der Waals surface area contributed by atoms with Gasteiger partial charge in [0, 0.05) is 12.7 Å². The monoisotopic (exact) mass is 482 g/mol. The van der Waals surface area contributed by atoms with Gasteiger partial charge in [0.05, 0.1) is 22.8 Å². The number of hydrogen-bond acceptors (Lipinski definition) is 6. The summed E-state index contributed by atoms with van der Waals surface area (Å²) in [6.45, 7) is 0.194. The molecule has 180 valence electrons. The van der Waals surface area contributed by atoms with E-state index >= 15 is 0 Å². The van der Waals surface area contributed by atoms with Gasteiger partial charge in [-0.05, 0) is 41.7 Å². The van der Waals surface area contributed by atoms with Gasteiger partial charge in [-0.3, -0.25) is 14.4 Å². The second kappa shape index (κ2) is 8.81. The Morgan fingerprint density at radius 2 is 2.00 bits per heavy atom. The first-order chi connectivity index (χ1) is 17.6. The highest BCUT2D eigenvalue weighted by Gasteiger charge is 2.26. The predicted octanol–water partition coefficient (Wildman–Crippen LogP) is 2.64. The Kier molecular flexibility index (Phi) is 5.33. The van der Waals surface area contributed by atoms with Crippen LogP contribution in [0.5, 0.6) is 5.75 Å². The van der Waals surface area contributed by atoms with Gasteiger partial charge in [0.1, 0.15) is 17.6 Å². The Hall–Kier alpha value is -4.73. The second-order valence-electron chi connectivity index (χ2n) is 8.76. The van der Waals surface area contributed by atoms with Crippen molar-refractivity contribution in [3.63, 3.8) is 0 Å². The number of H-pyrrole nitrogens is 1. The van der Waals surface area contributed by atoms with Crippen LogP contribution in [0.3, 0.4) is 0 Å². The molecular weight excluding hydrogens is 460 g/mol. The lowest BCUT2D eigenvalue weighted by Gasteiger charge is -2.18. The third-order valence-electron chi connectivity index (χ3n) is 6.49. The minimum atomic E-state index is -0.418.